The lowest BCUT2D eigenvalue weighted by Gasteiger charge is -2.30. The van der Waals surface area contributed by atoms with Crippen LogP contribution in [0.4, 0.5) is 17.1 Å². The number of para-hydroxylation sites is 1. The van der Waals surface area contributed by atoms with E-state index in [1.165, 1.54) is 91.8 Å². The van der Waals surface area contributed by atoms with Gasteiger partial charge in [-0.05, 0) is 93.2 Å². The zero-order valence-corrected chi connectivity index (χ0v) is 33.1. The maximum Gasteiger partial charge on any atom is 0.0562 e. The molecule has 0 atom stereocenters. The van der Waals surface area contributed by atoms with E-state index in [4.69, 9.17) is 0 Å². The van der Waals surface area contributed by atoms with Gasteiger partial charge in [0.2, 0.25) is 0 Å². The number of benzene rings is 9. The largest absolute Gasteiger partial charge is 0.310 e. The molecule has 274 valence electrons. The summed E-state index contributed by atoms with van der Waals surface area (Å²) < 4.78 is 5.11. The molecule has 0 N–H and O–H groups in total. The van der Waals surface area contributed by atoms with Gasteiger partial charge < -0.3 is 9.47 Å². The molecule has 0 bridgehead atoms. The summed E-state index contributed by atoms with van der Waals surface area (Å²) in [7, 11) is 0. The molecule has 0 amide bonds. The fourth-order valence-corrected chi connectivity index (χ4v) is 11.0. The average Bonchev–Trinajstić information content (AvgIpc) is 3.89. The Hall–Kier alpha value is -6.94. The van der Waals surface area contributed by atoms with E-state index >= 15 is 0 Å². The monoisotopic (exact) mass is 758 g/mol. The number of hydrogen-bond acceptors (Lipinski definition) is 2. The Bertz CT molecular complexity index is 3440. The lowest BCUT2D eigenvalue weighted by molar-refractivity contribution is 0.660. The van der Waals surface area contributed by atoms with E-state index in [1.54, 1.807) is 0 Å². The molecule has 3 heteroatoms. The molecule has 2 heterocycles. The third-order valence-electron chi connectivity index (χ3n) is 12.6. The van der Waals surface area contributed by atoms with Crippen molar-refractivity contribution in [3.63, 3.8) is 0 Å². The summed E-state index contributed by atoms with van der Waals surface area (Å²) in [6.07, 6.45) is 0. The molecule has 12 rings (SSSR count). The van der Waals surface area contributed by atoms with Gasteiger partial charge in [0.15, 0.2) is 0 Å². The number of anilines is 3. The van der Waals surface area contributed by atoms with Gasteiger partial charge >= 0.3 is 0 Å². The van der Waals surface area contributed by atoms with Crippen LogP contribution in [0, 0.1) is 0 Å². The number of thiophene rings is 1. The Balaban J connectivity index is 1.14. The molecule has 0 unspecified atom stereocenters. The highest BCUT2D eigenvalue weighted by Gasteiger charge is 2.36. The Morgan fingerprint density at radius 2 is 1.12 bits per heavy atom. The average molecular weight is 759 g/mol. The molecule has 1 aliphatic rings. The van der Waals surface area contributed by atoms with Gasteiger partial charge in [-0.1, -0.05) is 153 Å². The molecular weight excluding hydrogens is 721 g/mol. The molecule has 1 aliphatic carbocycles. The molecule has 58 heavy (non-hydrogen) atoms. The topological polar surface area (TPSA) is 8.17 Å². The Morgan fingerprint density at radius 1 is 0.448 bits per heavy atom. The highest BCUT2D eigenvalue weighted by atomic mass is 32.1. The third kappa shape index (κ3) is 4.84. The quantitative estimate of drug-likeness (QED) is 0.170. The van der Waals surface area contributed by atoms with Crippen molar-refractivity contribution in [1.82, 2.24) is 4.57 Å². The first-order chi connectivity index (χ1) is 28.5. The first-order valence-corrected chi connectivity index (χ1v) is 20.9. The van der Waals surface area contributed by atoms with Crippen LogP contribution >= 0.6 is 11.3 Å². The van der Waals surface area contributed by atoms with Crippen molar-refractivity contribution in [2.75, 3.05) is 4.90 Å². The van der Waals surface area contributed by atoms with Crippen molar-refractivity contribution in [1.29, 1.82) is 0 Å². The summed E-state index contributed by atoms with van der Waals surface area (Å²) in [4.78, 5) is 2.48. The Morgan fingerprint density at radius 3 is 2.02 bits per heavy atom. The Kier molecular flexibility index (Phi) is 7.18. The summed E-state index contributed by atoms with van der Waals surface area (Å²) in [6.45, 7) is 4.73. The van der Waals surface area contributed by atoms with E-state index in [9.17, 15) is 0 Å². The van der Waals surface area contributed by atoms with E-state index in [-0.39, 0.29) is 5.41 Å². The first kappa shape index (κ1) is 33.2. The zero-order valence-electron chi connectivity index (χ0n) is 32.3. The highest BCUT2D eigenvalue weighted by Crippen LogP contribution is 2.52. The number of aromatic nitrogens is 1. The SMILES string of the molecule is CC1(C)c2ccccc2-c2ccc(N(c3ccc4c5c6ccccc6ccc5n(-c5ccc6c(c5)sc5ccccc56)c4c3)c3ccccc3-c3ccccc3)cc21. The maximum atomic E-state index is 2.49. The van der Waals surface area contributed by atoms with Crippen LogP contribution in [0.5, 0.6) is 0 Å². The number of hydrogen-bond donors (Lipinski definition) is 0. The fourth-order valence-electron chi connectivity index (χ4n) is 9.84. The second-order valence-corrected chi connectivity index (χ2v) is 17.2. The van der Waals surface area contributed by atoms with Gasteiger partial charge in [-0.3, -0.25) is 0 Å². The molecule has 0 saturated carbocycles. The van der Waals surface area contributed by atoms with Crippen molar-refractivity contribution in [2.45, 2.75) is 19.3 Å². The summed E-state index contributed by atoms with van der Waals surface area (Å²) in [5.74, 6) is 0. The molecule has 9 aromatic carbocycles. The second-order valence-electron chi connectivity index (χ2n) is 16.1. The van der Waals surface area contributed by atoms with E-state index in [1.807, 2.05) is 11.3 Å². The van der Waals surface area contributed by atoms with Crippen molar-refractivity contribution < 1.29 is 0 Å². The summed E-state index contributed by atoms with van der Waals surface area (Å²) >= 11 is 1.87. The molecule has 2 aromatic heterocycles. The maximum absolute atomic E-state index is 2.49. The molecule has 0 aliphatic heterocycles. The standard InChI is InChI=1S/C55H38N2S/c1-55(2)47-21-11-8-19-42(47)43-28-25-37(32-48(43)55)56(49-22-12-9-17-40(49)35-14-4-3-5-15-35)38-27-30-46-51(33-38)57(50-31-24-36-16-6-7-18-41(36)54(46)50)39-26-29-45-44-20-10-13-23-52(44)58-53(45)34-39/h3-34H,1-2H3. The van der Waals surface area contributed by atoms with Gasteiger partial charge in [0.25, 0.3) is 0 Å². The molecule has 0 fully saturated rings. The minimum absolute atomic E-state index is 0.130. The molecule has 0 radical (unpaired) electrons. The number of nitrogens with zero attached hydrogens (tertiary/aromatic N) is 2. The van der Waals surface area contributed by atoms with Crippen molar-refractivity contribution >= 4 is 81.1 Å². The van der Waals surface area contributed by atoms with Gasteiger partial charge in [-0.15, -0.1) is 11.3 Å². The molecule has 0 saturated heterocycles. The van der Waals surface area contributed by atoms with Crippen LogP contribution in [0.2, 0.25) is 0 Å². The minimum Gasteiger partial charge on any atom is -0.310 e. The lowest BCUT2D eigenvalue weighted by atomic mass is 9.82. The van der Waals surface area contributed by atoms with E-state index in [0.29, 0.717) is 0 Å². The second kappa shape index (κ2) is 12.5. The van der Waals surface area contributed by atoms with Crippen molar-refractivity contribution in [3.8, 4) is 27.9 Å². The van der Waals surface area contributed by atoms with Crippen molar-refractivity contribution in [3.05, 3.63) is 205 Å². The van der Waals surface area contributed by atoms with Crippen LogP contribution in [0.25, 0.3) is 80.7 Å². The van der Waals surface area contributed by atoms with Gasteiger partial charge in [0, 0.05) is 59.0 Å². The summed E-state index contributed by atoms with van der Waals surface area (Å²) in [5, 5.41) is 7.67. The van der Waals surface area contributed by atoms with Crippen LogP contribution in [0.15, 0.2) is 194 Å². The fraction of sp³-hybridized carbons (Fsp3) is 0.0545. The van der Waals surface area contributed by atoms with Crippen molar-refractivity contribution in [2.24, 2.45) is 0 Å². The predicted octanol–water partition coefficient (Wildman–Crippen LogP) is 15.7. The zero-order chi connectivity index (χ0) is 38.5. The van der Waals surface area contributed by atoms with E-state index in [2.05, 4.69) is 217 Å². The molecular formula is C55H38N2S. The summed E-state index contributed by atoms with van der Waals surface area (Å²) in [6, 6.07) is 72.0. The molecule has 11 aromatic rings. The van der Waals surface area contributed by atoms with Crippen LogP contribution in [-0.2, 0) is 5.41 Å². The van der Waals surface area contributed by atoms with Crippen LogP contribution < -0.4 is 4.90 Å². The summed E-state index contributed by atoms with van der Waals surface area (Å²) in [5.41, 5.74) is 14.6. The highest BCUT2D eigenvalue weighted by molar-refractivity contribution is 7.25. The minimum atomic E-state index is -0.130. The Labute approximate surface area is 341 Å². The lowest BCUT2D eigenvalue weighted by Crippen LogP contribution is -2.17. The number of rotatable bonds is 5. The number of fused-ring (bicyclic) bond motifs is 11. The van der Waals surface area contributed by atoms with E-state index in [0.717, 1.165) is 17.1 Å². The molecule has 0 spiro atoms. The van der Waals surface area contributed by atoms with Crippen LogP contribution in [0.3, 0.4) is 0 Å². The molecule has 2 nitrogen and oxygen atoms in total. The van der Waals surface area contributed by atoms with Gasteiger partial charge in [0.05, 0.1) is 16.7 Å². The van der Waals surface area contributed by atoms with Crippen LogP contribution in [-0.4, -0.2) is 4.57 Å². The van der Waals surface area contributed by atoms with Crippen LogP contribution in [0.1, 0.15) is 25.0 Å². The third-order valence-corrected chi connectivity index (χ3v) is 13.7. The predicted molar refractivity (Wildman–Crippen MR) is 249 cm³/mol. The van der Waals surface area contributed by atoms with Gasteiger partial charge in [0.1, 0.15) is 0 Å². The normalized spacial score (nSPS) is 13.1. The van der Waals surface area contributed by atoms with E-state index < -0.39 is 0 Å². The van der Waals surface area contributed by atoms with Gasteiger partial charge in [-0.25, -0.2) is 0 Å². The first-order valence-electron chi connectivity index (χ1n) is 20.1. The smallest absolute Gasteiger partial charge is 0.0562 e. The van der Waals surface area contributed by atoms with Gasteiger partial charge in [-0.2, -0.15) is 0 Å².